The summed E-state index contributed by atoms with van der Waals surface area (Å²) < 4.78 is 0. The van der Waals surface area contributed by atoms with E-state index in [-0.39, 0.29) is 32.4 Å². The third-order valence-electron chi connectivity index (χ3n) is 5.83. The molecule has 0 heterocycles. The molecular formula is C25H35BrFeP-. The minimum Gasteiger partial charge on any atom is -0.358 e. The van der Waals surface area contributed by atoms with Crippen LogP contribution in [0.15, 0.2) is 60.7 Å². The van der Waals surface area contributed by atoms with Crippen molar-refractivity contribution < 1.29 is 17.1 Å². The molecule has 3 atom stereocenters. The Hall–Kier alpha value is -0.131. The van der Waals surface area contributed by atoms with Gasteiger partial charge >= 0.3 is 0 Å². The summed E-state index contributed by atoms with van der Waals surface area (Å²) >= 11 is 4.04. The van der Waals surface area contributed by atoms with Crippen LogP contribution >= 0.6 is 23.9 Å². The van der Waals surface area contributed by atoms with Gasteiger partial charge < -0.3 is 7.43 Å². The molecule has 0 radical (unpaired) electrons. The summed E-state index contributed by atoms with van der Waals surface area (Å²) in [5.41, 5.74) is 0.759. The van der Waals surface area contributed by atoms with Crippen molar-refractivity contribution in [2.75, 3.05) is 0 Å². The van der Waals surface area contributed by atoms with E-state index in [2.05, 4.69) is 83.5 Å². The topological polar surface area (TPSA) is 0 Å². The molecule has 2 aliphatic rings. The van der Waals surface area contributed by atoms with E-state index < -0.39 is 0 Å². The van der Waals surface area contributed by atoms with E-state index >= 15 is 0 Å². The smallest absolute Gasteiger partial charge is 0.0247 e. The molecule has 0 nitrogen and oxygen atoms in total. The number of hydrogen-bond donors (Lipinski definition) is 0. The number of alkyl halides is 1. The van der Waals surface area contributed by atoms with Crippen molar-refractivity contribution in [3.05, 3.63) is 68.1 Å². The average molecular weight is 502 g/mol. The first kappa shape index (κ1) is 25.9. The van der Waals surface area contributed by atoms with Gasteiger partial charge in [0.15, 0.2) is 0 Å². The molecule has 156 valence electrons. The van der Waals surface area contributed by atoms with Gasteiger partial charge in [-0.1, -0.05) is 122 Å². The zero-order chi connectivity index (χ0) is 18.2. The van der Waals surface area contributed by atoms with Crippen LogP contribution in [0.1, 0.15) is 58.3 Å². The van der Waals surface area contributed by atoms with Gasteiger partial charge in [0, 0.05) is 21.9 Å². The molecule has 3 unspecified atom stereocenters. The molecule has 0 aliphatic heterocycles. The van der Waals surface area contributed by atoms with Gasteiger partial charge in [-0.3, -0.25) is 0 Å². The van der Waals surface area contributed by atoms with Crippen LogP contribution in [0.3, 0.4) is 0 Å². The predicted octanol–water partition coefficient (Wildman–Crippen LogP) is 7.47. The van der Waals surface area contributed by atoms with Crippen LogP contribution in [0, 0.1) is 13.3 Å². The monoisotopic (exact) mass is 501 g/mol. The maximum absolute atomic E-state index is 4.04. The second kappa shape index (κ2) is 14.0. The molecule has 2 aromatic rings. The molecule has 0 amide bonds. The molecule has 28 heavy (non-hydrogen) atoms. The van der Waals surface area contributed by atoms with Crippen LogP contribution in [0.2, 0.25) is 0 Å². The van der Waals surface area contributed by atoms with Gasteiger partial charge in [0.1, 0.15) is 0 Å². The third kappa shape index (κ3) is 6.98. The first-order valence-corrected chi connectivity index (χ1v) is 12.7. The molecule has 0 bridgehead atoms. The van der Waals surface area contributed by atoms with E-state index in [1.54, 1.807) is 0 Å². The van der Waals surface area contributed by atoms with Crippen molar-refractivity contribution in [3.63, 3.8) is 0 Å². The Morgan fingerprint density at radius 2 is 1.21 bits per heavy atom. The Bertz CT molecular complexity index is 582. The van der Waals surface area contributed by atoms with Gasteiger partial charge in [0.05, 0.1) is 0 Å². The first-order chi connectivity index (χ1) is 12.8. The maximum atomic E-state index is 4.04. The number of hydrogen-bond acceptors (Lipinski definition) is 0. The maximum Gasteiger partial charge on any atom is 0.0247 e. The molecule has 0 aromatic heterocycles. The van der Waals surface area contributed by atoms with Crippen molar-refractivity contribution in [3.8, 4) is 0 Å². The predicted molar refractivity (Wildman–Crippen MR) is 128 cm³/mol. The molecular weight excluding hydrogens is 467 g/mol. The molecule has 4 rings (SSSR count). The van der Waals surface area contributed by atoms with Crippen LogP contribution in [-0.4, -0.2) is 10.5 Å². The van der Waals surface area contributed by atoms with E-state index in [0.717, 1.165) is 11.6 Å². The van der Waals surface area contributed by atoms with Crippen LogP contribution in [-0.2, 0) is 17.1 Å². The van der Waals surface area contributed by atoms with Crippen molar-refractivity contribution in [2.45, 2.75) is 68.8 Å². The van der Waals surface area contributed by atoms with E-state index in [0.29, 0.717) is 4.83 Å². The van der Waals surface area contributed by atoms with E-state index in [1.807, 2.05) is 0 Å². The fourth-order valence-electron chi connectivity index (χ4n) is 4.31. The second-order valence-electron chi connectivity index (χ2n) is 7.57. The molecule has 0 saturated heterocycles. The summed E-state index contributed by atoms with van der Waals surface area (Å²) in [6.07, 6.45) is 11.5. The molecule has 0 spiro atoms. The fourth-order valence-corrected chi connectivity index (χ4v) is 8.91. The number of benzene rings is 2. The normalized spacial score (nSPS) is 23.3. The van der Waals surface area contributed by atoms with E-state index in [4.69, 9.17) is 0 Å². The summed E-state index contributed by atoms with van der Waals surface area (Å²) in [7, 11) is -0.271. The van der Waals surface area contributed by atoms with Gasteiger partial charge in [-0.05, 0) is 42.9 Å². The van der Waals surface area contributed by atoms with Gasteiger partial charge in [-0.15, -0.1) is 0 Å². The molecule has 2 aliphatic carbocycles. The zero-order valence-corrected chi connectivity index (χ0v) is 20.9. The van der Waals surface area contributed by atoms with Crippen molar-refractivity contribution in [1.29, 1.82) is 0 Å². The second-order valence-corrected chi connectivity index (χ2v) is 11.1. The van der Waals surface area contributed by atoms with Crippen molar-refractivity contribution in [1.82, 2.24) is 0 Å². The fraction of sp³-hybridized carbons (Fsp3) is 0.480. The third-order valence-corrected chi connectivity index (χ3v) is 10.6. The zero-order valence-electron chi connectivity index (χ0n) is 17.3. The first-order valence-electron chi connectivity index (χ1n) is 10.3. The summed E-state index contributed by atoms with van der Waals surface area (Å²) in [6, 6.07) is 22.2. The largest absolute Gasteiger partial charge is 0.358 e. The van der Waals surface area contributed by atoms with Crippen LogP contribution in [0.5, 0.6) is 0 Å². The minimum atomic E-state index is -0.271. The Balaban J connectivity index is 0.000000490. The Labute approximate surface area is 193 Å². The van der Waals surface area contributed by atoms with Crippen LogP contribution < -0.4 is 10.6 Å². The van der Waals surface area contributed by atoms with E-state index in [9.17, 15) is 0 Å². The Morgan fingerprint density at radius 1 is 0.786 bits per heavy atom. The van der Waals surface area contributed by atoms with Crippen LogP contribution in [0.25, 0.3) is 0 Å². The summed E-state index contributed by atoms with van der Waals surface area (Å²) in [5, 5.41) is 3.04. The van der Waals surface area contributed by atoms with Gasteiger partial charge in [-0.2, -0.15) is 0 Å². The summed E-state index contributed by atoms with van der Waals surface area (Å²) in [5.74, 6) is 0.840. The molecule has 3 heteroatoms. The van der Waals surface area contributed by atoms with E-state index in [1.165, 1.54) is 62.0 Å². The average Bonchev–Trinajstić information content (AvgIpc) is 3.38. The minimum absolute atomic E-state index is 0. The van der Waals surface area contributed by atoms with Gasteiger partial charge in [0.25, 0.3) is 0 Å². The van der Waals surface area contributed by atoms with Gasteiger partial charge in [-0.25, -0.2) is 0 Å². The number of halogens is 1. The summed E-state index contributed by atoms with van der Waals surface area (Å²) in [4.78, 5) is 0.661. The SMILES string of the molecule is C1CCCC1.CCC1CCC(P(c2ccccc2)c2ccccc2)C1Br.[CH3-].[Fe]. The molecule has 0 N–H and O–H groups in total. The quantitative estimate of drug-likeness (QED) is 0.176. The molecule has 2 saturated carbocycles. The molecule has 2 aromatic carbocycles. The van der Waals surface area contributed by atoms with Gasteiger partial charge in [0.2, 0.25) is 0 Å². The number of rotatable bonds is 4. The standard InChI is InChI=1S/C19H22BrP.C5H10.CH3.Fe/c1-2-15-13-14-18(19(15)20)21(16-9-5-3-6-10-16)17-11-7-4-8-12-17;1-2-4-5-3-1;;/h3-12,15,18-19H,2,13-14H2,1H3;1-5H2;1H3;/q;;-1;. The van der Waals surface area contributed by atoms with Crippen molar-refractivity contribution in [2.24, 2.45) is 5.92 Å². The Kier molecular flexibility index (Phi) is 12.9. The summed E-state index contributed by atoms with van der Waals surface area (Å²) in [6.45, 7) is 2.33. The van der Waals surface area contributed by atoms with Crippen molar-refractivity contribution >= 4 is 34.5 Å². The Morgan fingerprint density at radius 3 is 1.57 bits per heavy atom. The van der Waals surface area contributed by atoms with Crippen LogP contribution in [0.4, 0.5) is 0 Å². The molecule has 2 fully saturated rings.